The Labute approximate surface area is 151 Å². The fraction of sp³-hybridized carbons (Fsp3) is 0.955. The lowest BCUT2D eigenvalue weighted by molar-refractivity contribution is -0.164. The Hall–Kier alpha value is -0.570. The van der Waals surface area contributed by atoms with E-state index >= 15 is 0 Å². The number of carbonyl (C=O) groups is 1. The number of fused-ring (bicyclic) bond motifs is 4. The average Bonchev–Trinajstić information content (AvgIpc) is 3.11. The van der Waals surface area contributed by atoms with Gasteiger partial charge in [-0.05, 0) is 93.3 Å². The molecule has 0 amide bonds. The summed E-state index contributed by atoms with van der Waals surface area (Å²) in [6.07, 6.45) is 11.6. The predicted molar refractivity (Wildman–Crippen MR) is 95.7 cm³/mol. The minimum Gasteiger partial charge on any atom is -0.462 e. The summed E-state index contributed by atoms with van der Waals surface area (Å²) in [7, 11) is 0. The van der Waals surface area contributed by atoms with E-state index in [9.17, 15) is 9.90 Å². The summed E-state index contributed by atoms with van der Waals surface area (Å²) in [6.45, 7) is 4.70. The van der Waals surface area contributed by atoms with Crippen molar-refractivity contribution in [2.45, 2.75) is 90.3 Å². The second-order valence-corrected chi connectivity index (χ2v) is 10.2. The zero-order valence-corrected chi connectivity index (χ0v) is 15.9. The molecule has 140 valence electrons. The first-order chi connectivity index (χ1) is 12.0. The molecule has 1 aliphatic heterocycles. The van der Waals surface area contributed by atoms with Crippen LogP contribution in [-0.4, -0.2) is 23.3 Å². The molecule has 0 radical (unpaired) electrons. The number of ether oxygens (including phenoxy) is 1. The van der Waals surface area contributed by atoms with Gasteiger partial charge in [0.05, 0.1) is 11.5 Å². The molecule has 0 bridgehead atoms. The van der Waals surface area contributed by atoms with E-state index in [1.165, 1.54) is 38.5 Å². The second kappa shape index (κ2) is 5.47. The molecule has 1 unspecified atom stereocenters. The van der Waals surface area contributed by atoms with E-state index in [4.69, 9.17) is 4.74 Å². The summed E-state index contributed by atoms with van der Waals surface area (Å²) in [6, 6.07) is 0. The van der Waals surface area contributed by atoms with Crippen molar-refractivity contribution in [2.75, 3.05) is 0 Å². The van der Waals surface area contributed by atoms with Crippen LogP contribution in [0.1, 0.15) is 78.1 Å². The zero-order chi connectivity index (χ0) is 17.4. The quantitative estimate of drug-likeness (QED) is 0.719. The van der Waals surface area contributed by atoms with Crippen LogP contribution in [-0.2, 0) is 9.53 Å². The number of esters is 1. The van der Waals surface area contributed by atoms with E-state index in [1.54, 1.807) is 0 Å². The Morgan fingerprint density at radius 3 is 2.64 bits per heavy atom. The van der Waals surface area contributed by atoms with Crippen LogP contribution in [0, 0.1) is 40.4 Å². The maximum absolute atomic E-state index is 13.0. The van der Waals surface area contributed by atoms with Gasteiger partial charge >= 0.3 is 5.97 Å². The molecule has 0 aromatic heterocycles. The normalized spacial score (nSPS) is 57.2. The van der Waals surface area contributed by atoms with E-state index in [1.807, 2.05) is 0 Å². The number of cyclic esters (lactones) is 1. The largest absolute Gasteiger partial charge is 0.462 e. The van der Waals surface area contributed by atoms with Gasteiger partial charge in [-0.2, -0.15) is 0 Å². The van der Waals surface area contributed by atoms with Crippen molar-refractivity contribution in [1.29, 1.82) is 0 Å². The molecule has 5 aliphatic rings. The van der Waals surface area contributed by atoms with Crippen molar-refractivity contribution >= 4 is 5.97 Å². The first-order valence-corrected chi connectivity index (χ1v) is 10.9. The standard InChI is InChI=1S/C22H34O3/c1-3-19-18-7-6-17-15-5-4-13-12-14(23)8-10-21(13,2)16(15)9-11-22(17,18)20(24)25-19/h13-19,23H,3-12H2,1-2H3/t13-,14+,15+,16-,17-,18?,19+,21-,22+/m0/s1. The number of hydrogen-bond donors (Lipinski definition) is 1. The Morgan fingerprint density at radius 2 is 1.84 bits per heavy atom. The molecule has 1 N–H and O–H groups in total. The van der Waals surface area contributed by atoms with Gasteiger partial charge in [0.2, 0.25) is 0 Å². The molecule has 4 saturated carbocycles. The fourth-order valence-corrected chi connectivity index (χ4v) is 8.57. The van der Waals surface area contributed by atoms with Gasteiger partial charge in [0, 0.05) is 5.92 Å². The third kappa shape index (κ3) is 2.00. The topological polar surface area (TPSA) is 46.5 Å². The Bertz CT molecular complexity index is 574. The number of aliphatic hydroxyl groups excluding tert-OH is 1. The van der Waals surface area contributed by atoms with E-state index in [2.05, 4.69) is 13.8 Å². The molecule has 3 nitrogen and oxygen atoms in total. The van der Waals surface area contributed by atoms with Crippen molar-refractivity contribution in [1.82, 2.24) is 0 Å². The summed E-state index contributed by atoms with van der Waals surface area (Å²) < 4.78 is 5.89. The molecular formula is C22H34O3. The molecule has 3 heteroatoms. The van der Waals surface area contributed by atoms with Crippen LogP contribution >= 0.6 is 0 Å². The summed E-state index contributed by atoms with van der Waals surface area (Å²) >= 11 is 0. The van der Waals surface area contributed by atoms with E-state index in [0.29, 0.717) is 23.2 Å². The Balaban J connectivity index is 1.47. The monoisotopic (exact) mass is 346 g/mol. The minimum atomic E-state index is -0.126. The Kier molecular flexibility index (Phi) is 3.63. The number of hydrogen-bond acceptors (Lipinski definition) is 3. The van der Waals surface area contributed by atoms with Crippen LogP contribution in [0.3, 0.4) is 0 Å². The van der Waals surface area contributed by atoms with Crippen molar-refractivity contribution in [2.24, 2.45) is 40.4 Å². The summed E-state index contributed by atoms with van der Waals surface area (Å²) in [5.41, 5.74) is 0.272. The highest BCUT2D eigenvalue weighted by molar-refractivity contribution is 5.81. The Morgan fingerprint density at radius 1 is 1.04 bits per heavy atom. The third-order valence-electron chi connectivity index (χ3n) is 9.71. The molecule has 0 aromatic rings. The summed E-state index contributed by atoms with van der Waals surface area (Å²) in [4.78, 5) is 13.0. The maximum atomic E-state index is 13.0. The molecular weight excluding hydrogens is 312 g/mol. The van der Waals surface area contributed by atoms with Gasteiger partial charge < -0.3 is 9.84 Å². The second-order valence-electron chi connectivity index (χ2n) is 10.2. The molecule has 1 heterocycles. The van der Waals surface area contributed by atoms with Gasteiger partial charge in [0.1, 0.15) is 6.10 Å². The first kappa shape index (κ1) is 16.6. The van der Waals surface area contributed by atoms with Crippen LogP contribution in [0.15, 0.2) is 0 Å². The van der Waals surface area contributed by atoms with E-state index in [-0.39, 0.29) is 23.6 Å². The highest BCUT2D eigenvalue weighted by atomic mass is 16.6. The van der Waals surface area contributed by atoms with Crippen molar-refractivity contribution in [3.8, 4) is 0 Å². The molecule has 25 heavy (non-hydrogen) atoms. The van der Waals surface area contributed by atoms with E-state index < -0.39 is 0 Å². The molecule has 4 aliphatic carbocycles. The molecule has 5 fully saturated rings. The first-order valence-electron chi connectivity index (χ1n) is 10.9. The highest BCUT2D eigenvalue weighted by Crippen LogP contribution is 2.69. The molecule has 0 aromatic carbocycles. The summed E-state index contributed by atoms with van der Waals surface area (Å²) in [5.74, 6) is 3.42. The highest BCUT2D eigenvalue weighted by Gasteiger charge is 2.69. The number of carbonyl (C=O) groups excluding carboxylic acids is 1. The smallest absolute Gasteiger partial charge is 0.313 e. The van der Waals surface area contributed by atoms with E-state index in [0.717, 1.165) is 37.5 Å². The zero-order valence-electron chi connectivity index (χ0n) is 15.9. The van der Waals surface area contributed by atoms with Crippen LogP contribution in [0.5, 0.6) is 0 Å². The van der Waals surface area contributed by atoms with Crippen LogP contribution in [0.2, 0.25) is 0 Å². The number of rotatable bonds is 1. The van der Waals surface area contributed by atoms with Gasteiger partial charge in [0.15, 0.2) is 0 Å². The third-order valence-corrected chi connectivity index (χ3v) is 9.71. The van der Waals surface area contributed by atoms with Crippen LogP contribution in [0.4, 0.5) is 0 Å². The van der Waals surface area contributed by atoms with Crippen molar-refractivity contribution in [3.63, 3.8) is 0 Å². The van der Waals surface area contributed by atoms with Crippen LogP contribution in [0.25, 0.3) is 0 Å². The summed E-state index contributed by atoms with van der Waals surface area (Å²) in [5, 5.41) is 10.2. The van der Waals surface area contributed by atoms with Gasteiger partial charge in [-0.1, -0.05) is 13.8 Å². The van der Waals surface area contributed by atoms with Crippen LogP contribution < -0.4 is 0 Å². The van der Waals surface area contributed by atoms with Gasteiger partial charge in [-0.25, -0.2) is 0 Å². The van der Waals surface area contributed by atoms with Gasteiger partial charge in [-0.3, -0.25) is 4.79 Å². The SMILES string of the molecule is CC[C@H]1OC(=O)[C@]23CC[C@H]4[C@@H](CC[C@H]5C[C@H](O)CC[C@@]54C)[C@@H]2CCC13. The lowest BCUT2D eigenvalue weighted by Crippen LogP contribution is -2.55. The van der Waals surface area contributed by atoms with Gasteiger partial charge in [-0.15, -0.1) is 0 Å². The lowest BCUT2D eigenvalue weighted by atomic mass is 9.44. The molecule has 1 spiro atoms. The predicted octanol–water partition coefficient (Wildman–Crippen LogP) is 4.32. The van der Waals surface area contributed by atoms with Gasteiger partial charge in [0.25, 0.3) is 0 Å². The lowest BCUT2D eigenvalue weighted by Gasteiger charge is -2.60. The molecule has 1 saturated heterocycles. The molecule has 9 atom stereocenters. The van der Waals surface area contributed by atoms with Crippen molar-refractivity contribution in [3.05, 3.63) is 0 Å². The maximum Gasteiger partial charge on any atom is 0.313 e. The fourth-order valence-electron chi connectivity index (χ4n) is 8.57. The average molecular weight is 347 g/mol. The minimum absolute atomic E-state index is 0.0736. The number of aliphatic hydroxyl groups is 1. The molecule has 5 rings (SSSR count). The van der Waals surface area contributed by atoms with Crippen molar-refractivity contribution < 1.29 is 14.6 Å².